The van der Waals surface area contributed by atoms with Crippen LogP contribution in [0.1, 0.15) is 68.9 Å². The Kier molecular flexibility index (Phi) is 11.7. The first-order chi connectivity index (χ1) is 22.0. The average Bonchev–Trinajstić information content (AvgIpc) is 3.01. The maximum atomic E-state index is 13.8. The van der Waals surface area contributed by atoms with Gasteiger partial charge in [0.25, 0.3) is 5.91 Å². The first-order valence-corrected chi connectivity index (χ1v) is 16.0. The lowest BCUT2D eigenvalue weighted by Crippen LogP contribution is -2.56. The lowest BCUT2D eigenvalue weighted by atomic mass is 9.80. The molecule has 1 aliphatic carbocycles. The van der Waals surface area contributed by atoms with E-state index in [-0.39, 0.29) is 70.3 Å². The maximum absolute atomic E-state index is 13.8. The van der Waals surface area contributed by atoms with Crippen LogP contribution in [0.25, 0.3) is 10.9 Å². The number of fused-ring (bicyclic) bond motifs is 1. The molecule has 250 valence electrons. The van der Waals surface area contributed by atoms with Gasteiger partial charge in [-0.2, -0.15) is 0 Å². The van der Waals surface area contributed by atoms with Crippen molar-refractivity contribution >= 4 is 52.4 Å². The molecule has 1 saturated carbocycles. The third-order valence-corrected chi connectivity index (χ3v) is 8.47. The maximum Gasteiger partial charge on any atom is 0.409 e. The van der Waals surface area contributed by atoms with E-state index in [1.54, 1.807) is 44.7 Å². The Bertz CT molecular complexity index is 1470. The number of hydrogen-bond donors (Lipinski definition) is 1. The number of esters is 2. The number of halogens is 1. The van der Waals surface area contributed by atoms with Crippen LogP contribution in [-0.2, 0) is 28.6 Å². The SMILES string of the molecule is CCOC(=O)CCC(NC(=O)c1cc(OC2(C(=O)OCC)CCC2)c2cc(Cl)c(C)cc2n1)C(=O)N1CCN(C(=O)OCC)CC1. The molecule has 0 bridgehead atoms. The highest BCUT2D eigenvalue weighted by Gasteiger charge is 2.48. The Morgan fingerprint density at radius 3 is 2.20 bits per heavy atom. The van der Waals surface area contributed by atoms with E-state index in [1.165, 1.54) is 11.0 Å². The molecule has 46 heavy (non-hydrogen) atoms. The predicted molar refractivity (Wildman–Crippen MR) is 168 cm³/mol. The molecular weight excluding hydrogens is 620 g/mol. The van der Waals surface area contributed by atoms with E-state index >= 15 is 0 Å². The highest BCUT2D eigenvalue weighted by Crippen LogP contribution is 2.41. The molecule has 1 saturated heterocycles. The van der Waals surface area contributed by atoms with Gasteiger partial charge in [0.1, 0.15) is 17.5 Å². The predicted octanol–water partition coefficient (Wildman–Crippen LogP) is 3.80. The van der Waals surface area contributed by atoms with E-state index in [0.29, 0.717) is 28.8 Å². The number of carbonyl (C=O) groups excluding carboxylic acids is 5. The fourth-order valence-corrected chi connectivity index (χ4v) is 5.53. The third-order valence-electron chi connectivity index (χ3n) is 8.06. The largest absolute Gasteiger partial charge is 0.475 e. The molecule has 0 radical (unpaired) electrons. The molecule has 1 aromatic carbocycles. The van der Waals surface area contributed by atoms with E-state index in [9.17, 15) is 24.0 Å². The van der Waals surface area contributed by atoms with E-state index in [4.69, 9.17) is 30.5 Å². The number of nitrogens with zero attached hydrogens (tertiary/aromatic N) is 3. The molecule has 2 heterocycles. The van der Waals surface area contributed by atoms with Crippen molar-refractivity contribution in [2.75, 3.05) is 46.0 Å². The number of benzene rings is 1. The second-order valence-corrected chi connectivity index (χ2v) is 11.6. The monoisotopic (exact) mass is 660 g/mol. The Morgan fingerprint density at radius 2 is 1.59 bits per heavy atom. The molecule has 1 atom stereocenters. The first kappa shape index (κ1) is 34.7. The first-order valence-electron chi connectivity index (χ1n) is 15.7. The van der Waals surface area contributed by atoms with Crippen LogP contribution in [0.3, 0.4) is 0 Å². The second-order valence-electron chi connectivity index (χ2n) is 11.2. The average molecular weight is 661 g/mol. The van der Waals surface area contributed by atoms with Crippen molar-refractivity contribution in [1.29, 1.82) is 0 Å². The minimum absolute atomic E-state index is 0.0148. The van der Waals surface area contributed by atoms with Gasteiger partial charge >= 0.3 is 18.0 Å². The van der Waals surface area contributed by atoms with Crippen molar-refractivity contribution in [2.45, 2.75) is 71.4 Å². The Morgan fingerprint density at radius 1 is 0.935 bits per heavy atom. The topological polar surface area (TPSA) is 154 Å². The van der Waals surface area contributed by atoms with Crippen molar-refractivity contribution in [3.05, 3.63) is 34.5 Å². The summed E-state index contributed by atoms with van der Waals surface area (Å²) in [5, 5.41) is 3.73. The number of piperazine rings is 1. The van der Waals surface area contributed by atoms with Gasteiger partial charge in [-0.3, -0.25) is 14.4 Å². The van der Waals surface area contributed by atoms with Gasteiger partial charge in [-0.25, -0.2) is 14.6 Å². The van der Waals surface area contributed by atoms with Gasteiger partial charge in [0.2, 0.25) is 11.5 Å². The lowest BCUT2D eigenvalue weighted by molar-refractivity contribution is -0.169. The smallest absolute Gasteiger partial charge is 0.409 e. The number of aryl methyl sites for hydroxylation is 1. The van der Waals surface area contributed by atoms with Crippen LogP contribution in [0.15, 0.2) is 18.2 Å². The fraction of sp³-hybridized carbons (Fsp3) is 0.562. The lowest BCUT2D eigenvalue weighted by Gasteiger charge is -2.39. The van der Waals surface area contributed by atoms with Crippen LogP contribution in [0, 0.1) is 6.92 Å². The number of amides is 3. The number of nitrogens with one attached hydrogen (secondary N) is 1. The standard InChI is InChI=1S/C32H41ClN4O9/c1-5-43-27(38)10-9-23(29(40)36-13-15-37(16-14-36)31(42)45-7-3)35-28(39)25-19-26(21-18-22(33)20(4)17-24(21)34-25)46-32(11-8-12-32)30(41)44-6-2/h17-19,23H,5-16H2,1-4H3,(H,35,39). The van der Waals surface area contributed by atoms with Gasteiger partial charge in [0, 0.05) is 49.1 Å². The highest BCUT2D eigenvalue weighted by molar-refractivity contribution is 6.32. The number of pyridine rings is 1. The molecule has 1 unspecified atom stereocenters. The summed E-state index contributed by atoms with van der Waals surface area (Å²) in [6.45, 7) is 8.52. The van der Waals surface area contributed by atoms with Gasteiger partial charge in [0.15, 0.2) is 0 Å². The van der Waals surface area contributed by atoms with Crippen molar-refractivity contribution in [3.63, 3.8) is 0 Å². The van der Waals surface area contributed by atoms with E-state index in [1.807, 2.05) is 0 Å². The van der Waals surface area contributed by atoms with Crippen molar-refractivity contribution in [1.82, 2.24) is 20.1 Å². The zero-order valence-corrected chi connectivity index (χ0v) is 27.4. The molecule has 14 heteroatoms. The summed E-state index contributed by atoms with van der Waals surface area (Å²) in [6.07, 6.45) is 1.10. The molecule has 0 spiro atoms. The van der Waals surface area contributed by atoms with E-state index < -0.39 is 41.5 Å². The minimum Gasteiger partial charge on any atom is -0.475 e. The number of hydrogen-bond acceptors (Lipinski definition) is 10. The van der Waals surface area contributed by atoms with Gasteiger partial charge < -0.3 is 34.1 Å². The van der Waals surface area contributed by atoms with Crippen LogP contribution < -0.4 is 10.1 Å². The molecule has 2 aromatic rings. The second kappa shape index (κ2) is 15.4. The van der Waals surface area contributed by atoms with Crippen molar-refractivity contribution in [3.8, 4) is 5.75 Å². The van der Waals surface area contributed by atoms with Crippen LogP contribution in [0.4, 0.5) is 4.79 Å². The summed E-state index contributed by atoms with van der Waals surface area (Å²) in [4.78, 5) is 72.3. The van der Waals surface area contributed by atoms with Gasteiger partial charge in [-0.05, 0) is 71.1 Å². The Hall–Kier alpha value is -4.13. The van der Waals surface area contributed by atoms with Gasteiger partial charge in [-0.15, -0.1) is 0 Å². The van der Waals surface area contributed by atoms with Crippen LogP contribution in [-0.4, -0.2) is 102 Å². The number of carbonyl (C=O) groups is 5. The van der Waals surface area contributed by atoms with Gasteiger partial charge in [-0.1, -0.05) is 11.6 Å². The van der Waals surface area contributed by atoms with E-state index in [0.717, 1.165) is 12.0 Å². The van der Waals surface area contributed by atoms with E-state index in [2.05, 4.69) is 10.3 Å². The molecule has 1 aliphatic heterocycles. The molecule has 1 aromatic heterocycles. The highest BCUT2D eigenvalue weighted by atomic mass is 35.5. The molecule has 1 N–H and O–H groups in total. The summed E-state index contributed by atoms with van der Waals surface area (Å²) in [7, 11) is 0. The third kappa shape index (κ3) is 7.98. The fourth-order valence-electron chi connectivity index (χ4n) is 5.37. The van der Waals surface area contributed by atoms with Crippen LogP contribution in [0.2, 0.25) is 5.02 Å². The summed E-state index contributed by atoms with van der Waals surface area (Å²) in [5.74, 6) is -1.84. The normalized spacial score (nSPS) is 16.2. The number of aromatic nitrogens is 1. The summed E-state index contributed by atoms with van der Waals surface area (Å²) in [5.41, 5.74) is -0.117. The zero-order valence-electron chi connectivity index (χ0n) is 26.7. The summed E-state index contributed by atoms with van der Waals surface area (Å²) < 4.78 is 21.7. The summed E-state index contributed by atoms with van der Waals surface area (Å²) >= 11 is 6.43. The summed E-state index contributed by atoms with van der Waals surface area (Å²) in [6, 6.07) is 3.73. The molecule has 2 aliphatic rings. The molecule has 2 fully saturated rings. The minimum atomic E-state index is -1.20. The Labute approximate surface area is 272 Å². The van der Waals surface area contributed by atoms with Crippen LogP contribution >= 0.6 is 11.6 Å². The quantitative estimate of drug-likeness (QED) is 0.263. The van der Waals surface area contributed by atoms with Crippen molar-refractivity contribution in [2.24, 2.45) is 0 Å². The number of ether oxygens (including phenoxy) is 4. The van der Waals surface area contributed by atoms with Gasteiger partial charge in [0.05, 0.1) is 25.3 Å². The molecule has 3 amide bonds. The number of rotatable bonds is 12. The van der Waals surface area contributed by atoms with Crippen molar-refractivity contribution < 1.29 is 42.9 Å². The molecule has 13 nitrogen and oxygen atoms in total. The molecular formula is C32H41ClN4O9. The zero-order chi connectivity index (χ0) is 33.4. The van der Waals surface area contributed by atoms with Crippen LogP contribution in [0.5, 0.6) is 5.75 Å². The Balaban J connectivity index is 1.61. The molecule has 4 rings (SSSR count).